The fourth-order valence-corrected chi connectivity index (χ4v) is 1.91. The summed E-state index contributed by atoms with van der Waals surface area (Å²) in [6, 6.07) is 0. The van der Waals surface area contributed by atoms with Gasteiger partial charge in [0.15, 0.2) is 0 Å². The lowest BCUT2D eigenvalue weighted by atomic mass is 9.90. The van der Waals surface area contributed by atoms with Gasteiger partial charge in [-0.15, -0.1) is 0 Å². The number of carboxylic acids is 1. The molecule has 0 saturated carbocycles. The fourth-order valence-electron chi connectivity index (χ4n) is 1.91. The second-order valence-corrected chi connectivity index (χ2v) is 4.90. The van der Waals surface area contributed by atoms with E-state index in [0.717, 1.165) is 12.8 Å². The number of hydrogen-bond acceptors (Lipinski definition) is 2. The summed E-state index contributed by atoms with van der Waals surface area (Å²) in [6.45, 7) is 6.72. The van der Waals surface area contributed by atoms with Crippen molar-refractivity contribution in [3.8, 4) is 0 Å². The molecule has 0 saturated heterocycles. The number of nitrogens with zero attached hydrogens (tertiary/aromatic N) is 1. The Morgan fingerprint density at radius 2 is 1.88 bits per heavy atom. The van der Waals surface area contributed by atoms with Gasteiger partial charge in [-0.1, -0.05) is 27.2 Å². The number of carboxylic acid groups (broad SMARTS) is 1. The van der Waals surface area contributed by atoms with Crippen molar-refractivity contribution in [3.05, 3.63) is 0 Å². The van der Waals surface area contributed by atoms with Gasteiger partial charge in [-0.05, 0) is 18.8 Å². The molecule has 0 spiro atoms. The lowest BCUT2D eigenvalue weighted by Gasteiger charge is -2.26. The van der Waals surface area contributed by atoms with Gasteiger partial charge in [0.1, 0.15) is 0 Å². The SMILES string of the molecule is CCCC(C(=O)N(C)CCCC(=O)O)C(C)C. The molecule has 17 heavy (non-hydrogen) atoms. The first-order chi connectivity index (χ1) is 7.90. The highest BCUT2D eigenvalue weighted by Crippen LogP contribution is 2.19. The van der Waals surface area contributed by atoms with Crippen LogP contribution in [-0.2, 0) is 9.59 Å². The Labute approximate surface area is 104 Å². The van der Waals surface area contributed by atoms with Crippen LogP contribution in [0.15, 0.2) is 0 Å². The standard InChI is InChI=1S/C13H25NO3/c1-5-7-11(10(2)3)13(17)14(4)9-6-8-12(15)16/h10-11H,5-9H2,1-4H3,(H,15,16). The third-order valence-corrected chi connectivity index (χ3v) is 2.98. The summed E-state index contributed by atoms with van der Waals surface area (Å²) in [5.41, 5.74) is 0. The van der Waals surface area contributed by atoms with E-state index in [4.69, 9.17) is 5.11 Å². The molecule has 0 rings (SSSR count). The van der Waals surface area contributed by atoms with E-state index >= 15 is 0 Å². The molecule has 0 aromatic carbocycles. The minimum atomic E-state index is -0.806. The lowest BCUT2D eigenvalue weighted by molar-refractivity contribution is -0.139. The topological polar surface area (TPSA) is 57.6 Å². The molecule has 0 heterocycles. The number of amides is 1. The van der Waals surface area contributed by atoms with E-state index in [0.29, 0.717) is 18.9 Å². The molecule has 0 radical (unpaired) electrons. The molecule has 4 heteroatoms. The smallest absolute Gasteiger partial charge is 0.303 e. The predicted molar refractivity (Wildman–Crippen MR) is 67.7 cm³/mol. The summed E-state index contributed by atoms with van der Waals surface area (Å²) in [7, 11) is 1.76. The van der Waals surface area contributed by atoms with Crippen LogP contribution >= 0.6 is 0 Å². The van der Waals surface area contributed by atoms with Crippen molar-refractivity contribution in [3.63, 3.8) is 0 Å². The van der Waals surface area contributed by atoms with Crippen LogP contribution in [0, 0.1) is 11.8 Å². The zero-order valence-electron chi connectivity index (χ0n) is 11.4. The van der Waals surface area contributed by atoms with Crippen molar-refractivity contribution in [1.82, 2.24) is 4.90 Å². The Morgan fingerprint density at radius 1 is 1.29 bits per heavy atom. The first-order valence-electron chi connectivity index (χ1n) is 6.36. The molecular weight excluding hydrogens is 218 g/mol. The molecule has 0 aliphatic rings. The summed E-state index contributed by atoms with van der Waals surface area (Å²) in [5.74, 6) is -0.258. The average Bonchev–Trinajstić information content (AvgIpc) is 2.23. The van der Waals surface area contributed by atoms with Gasteiger partial charge < -0.3 is 10.0 Å². The van der Waals surface area contributed by atoms with Gasteiger partial charge in [0.2, 0.25) is 5.91 Å². The van der Waals surface area contributed by atoms with E-state index in [1.54, 1.807) is 11.9 Å². The van der Waals surface area contributed by atoms with Crippen molar-refractivity contribution in [2.45, 2.75) is 46.5 Å². The van der Waals surface area contributed by atoms with E-state index in [1.807, 2.05) is 0 Å². The van der Waals surface area contributed by atoms with Crippen LogP contribution in [0.3, 0.4) is 0 Å². The van der Waals surface area contributed by atoms with E-state index in [-0.39, 0.29) is 18.2 Å². The normalized spacial score (nSPS) is 12.5. The maximum atomic E-state index is 12.1. The number of rotatable bonds is 8. The number of hydrogen-bond donors (Lipinski definition) is 1. The Bertz CT molecular complexity index is 251. The molecule has 1 atom stereocenters. The van der Waals surface area contributed by atoms with Gasteiger partial charge in [-0.3, -0.25) is 9.59 Å². The first kappa shape index (κ1) is 15.9. The average molecular weight is 243 g/mol. The molecule has 4 nitrogen and oxygen atoms in total. The fraction of sp³-hybridized carbons (Fsp3) is 0.846. The van der Waals surface area contributed by atoms with Crippen LogP contribution in [0.25, 0.3) is 0 Å². The highest BCUT2D eigenvalue weighted by Gasteiger charge is 2.23. The Hall–Kier alpha value is -1.06. The molecule has 1 amide bonds. The first-order valence-corrected chi connectivity index (χ1v) is 6.36. The molecule has 1 N–H and O–H groups in total. The molecule has 100 valence electrons. The maximum Gasteiger partial charge on any atom is 0.303 e. The van der Waals surface area contributed by atoms with E-state index in [1.165, 1.54) is 0 Å². The third kappa shape index (κ3) is 6.29. The molecule has 0 bridgehead atoms. The van der Waals surface area contributed by atoms with Crippen LogP contribution in [-0.4, -0.2) is 35.5 Å². The molecule has 1 unspecified atom stereocenters. The second-order valence-electron chi connectivity index (χ2n) is 4.90. The van der Waals surface area contributed by atoms with E-state index in [2.05, 4.69) is 20.8 Å². The Balaban J connectivity index is 4.20. The quantitative estimate of drug-likeness (QED) is 0.712. The maximum absolute atomic E-state index is 12.1. The van der Waals surface area contributed by atoms with Crippen molar-refractivity contribution in [2.24, 2.45) is 11.8 Å². The largest absolute Gasteiger partial charge is 0.481 e. The summed E-state index contributed by atoms with van der Waals surface area (Å²) in [5, 5.41) is 8.54. The molecular formula is C13H25NO3. The van der Waals surface area contributed by atoms with Crippen LogP contribution in [0.4, 0.5) is 0 Å². The summed E-state index contributed by atoms with van der Waals surface area (Å²) >= 11 is 0. The third-order valence-electron chi connectivity index (χ3n) is 2.98. The van der Waals surface area contributed by atoms with Crippen LogP contribution in [0.5, 0.6) is 0 Å². The van der Waals surface area contributed by atoms with Crippen molar-refractivity contribution < 1.29 is 14.7 Å². The van der Waals surface area contributed by atoms with Gasteiger partial charge >= 0.3 is 5.97 Å². The Kier molecular flexibility index (Phi) is 7.59. The second kappa shape index (κ2) is 8.09. The van der Waals surface area contributed by atoms with Gasteiger partial charge in [-0.25, -0.2) is 0 Å². The van der Waals surface area contributed by atoms with Crippen LogP contribution in [0.1, 0.15) is 46.5 Å². The minimum absolute atomic E-state index is 0.0647. The summed E-state index contributed by atoms with van der Waals surface area (Å²) in [4.78, 5) is 24.2. The predicted octanol–water partition coefficient (Wildman–Crippen LogP) is 2.38. The Morgan fingerprint density at radius 3 is 2.29 bits per heavy atom. The highest BCUT2D eigenvalue weighted by molar-refractivity contribution is 5.78. The van der Waals surface area contributed by atoms with Crippen molar-refractivity contribution >= 4 is 11.9 Å². The molecule has 0 aromatic rings. The van der Waals surface area contributed by atoms with Crippen molar-refractivity contribution in [2.75, 3.05) is 13.6 Å². The van der Waals surface area contributed by atoms with Crippen LogP contribution < -0.4 is 0 Å². The van der Waals surface area contributed by atoms with Gasteiger partial charge in [0, 0.05) is 25.9 Å². The lowest BCUT2D eigenvalue weighted by Crippen LogP contribution is -2.36. The van der Waals surface area contributed by atoms with Gasteiger partial charge in [0.25, 0.3) is 0 Å². The molecule has 0 aliphatic carbocycles. The van der Waals surface area contributed by atoms with Crippen LogP contribution in [0.2, 0.25) is 0 Å². The van der Waals surface area contributed by atoms with E-state index < -0.39 is 5.97 Å². The number of aliphatic carboxylic acids is 1. The molecule has 0 aromatic heterocycles. The summed E-state index contributed by atoms with van der Waals surface area (Å²) < 4.78 is 0. The zero-order chi connectivity index (χ0) is 13.4. The van der Waals surface area contributed by atoms with Gasteiger partial charge in [-0.2, -0.15) is 0 Å². The number of carbonyl (C=O) groups is 2. The molecule has 0 fully saturated rings. The zero-order valence-corrected chi connectivity index (χ0v) is 11.4. The van der Waals surface area contributed by atoms with Gasteiger partial charge in [0.05, 0.1) is 0 Å². The monoisotopic (exact) mass is 243 g/mol. The minimum Gasteiger partial charge on any atom is -0.481 e. The van der Waals surface area contributed by atoms with E-state index in [9.17, 15) is 9.59 Å². The molecule has 0 aliphatic heterocycles. The summed E-state index contributed by atoms with van der Waals surface area (Å²) in [6.07, 6.45) is 2.55. The number of carbonyl (C=O) groups excluding carboxylic acids is 1. The van der Waals surface area contributed by atoms with Crippen molar-refractivity contribution in [1.29, 1.82) is 0 Å². The highest BCUT2D eigenvalue weighted by atomic mass is 16.4.